The first-order valence-electron chi connectivity index (χ1n) is 4.74. The largest absolute Gasteiger partial charge is 0.504 e. The zero-order valence-electron chi connectivity index (χ0n) is 8.55. The van der Waals surface area contributed by atoms with Crippen molar-refractivity contribution in [3.63, 3.8) is 0 Å². The smallest absolute Gasteiger partial charge is 0.214 e. The van der Waals surface area contributed by atoms with Gasteiger partial charge >= 0.3 is 0 Å². The van der Waals surface area contributed by atoms with Crippen molar-refractivity contribution in [2.45, 2.75) is 0 Å². The van der Waals surface area contributed by atoms with E-state index in [0.29, 0.717) is 5.56 Å². The zero-order chi connectivity index (χ0) is 12.6. The van der Waals surface area contributed by atoms with Crippen LogP contribution < -0.4 is 0 Å². The second-order valence-corrected chi connectivity index (χ2v) is 3.45. The van der Waals surface area contributed by atoms with E-state index in [1.54, 1.807) is 18.2 Å². The molecule has 4 N–H and O–H groups in total. The predicted molar refractivity (Wildman–Crippen MR) is 58.5 cm³/mol. The first kappa shape index (κ1) is 11.1. The van der Waals surface area contributed by atoms with Crippen LogP contribution >= 0.6 is 0 Å². The quantitative estimate of drug-likeness (QED) is 0.452. The van der Waals surface area contributed by atoms with Crippen LogP contribution in [0.2, 0.25) is 0 Å². The van der Waals surface area contributed by atoms with Crippen molar-refractivity contribution >= 4 is 0 Å². The Balaban J connectivity index is 2.80. The SMILES string of the molecule is Oc1c(O)c(-c2ccccc2)c(O)c(O)c1F. The molecule has 0 aliphatic carbocycles. The normalized spacial score (nSPS) is 10.4. The molecule has 0 aliphatic heterocycles. The molecular formula is C12H9FO4. The lowest BCUT2D eigenvalue weighted by atomic mass is 10.0. The first-order chi connectivity index (χ1) is 8.04. The van der Waals surface area contributed by atoms with Crippen LogP contribution in [0.25, 0.3) is 11.1 Å². The molecule has 17 heavy (non-hydrogen) atoms. The maximum absolute atomic E-state index is 13.1. The molecule has 0 fully saturated rings. The molecule has 0 radical (unpaired) electrons. The van der Waals surface area contributed by atoms with Crippen molar-refractivity contribution < 1.29 is 24.8 Å². The van der Waals surface area contributed by atoms with Gasteiger partial charge in [-0.05, 0) is 5.56 Å². The van der Waals surface area contributed by atoms with Gasteiger partial charge in [-0.15, -0.1) is 0 Å². The van der Waals surface area contributed by atoms with E-state index in [2.05, 4.69) is 0 Å². The Labute approximate surface area is 95.8 Å². The molecule has 0 aromatic heterocycles. The lowest BCUT2D eigenvalue weighted by Gasteiger charge is -2.11. The zero-order valence-corrected chi connectivity index (χ0v) is 8.55. The molecule has 0 saturated heterocycles. The standard InChI is InChI=1S/C12H9FO4/c13-8-11(16)9(14)7(10(15)12(8)17)6-4-2-1-3-5-6/h1-5,14-17H. The third kappa shape index (κ3) is 1.61. The summed E-state index contributed by atoms with van der Waals surface area (Å²) in [6.45, 7) is 0. The van der Waals surface area contributed by atoms with E-state index in [0.717, 1.165) is 0 Å². The highest BCUT2D eigenvalue weighted by atomic mass is 19.1. The molecule has 0 bridgehead atoms. The molecule has 0 aliphatic rings. The summed E-state index contributed by atoms with van der Waals surface area (Å²) in [4.78, 5) is 0. The van der Waals surface area contributed by atoms with Gasteiger partial charge in [0.2, 0.25) is 5.82 Å². The summed E-state index contributed by atoms with van der Waals surface area (Å²) in [5.74, 6) is -5.29. The van der Waals surface area contributed by atoms with Crippen molar-refractivity contribution in [3.8, 4) is 34.1 Å². The fraction of sp³-hybridized carbons (Fsp3) is 0. The molecule has 2 aromatic rings. The lowest BCUT2D eigenvalue weighted by Crippen LogP contribution is -1.87. The van der Waals surface area contributed by atoms with Crippen LogP contribution in [0.15, 0.2) is 30.3 Å². The molecule has 4 nitrogen and oxygen atoms in total. The Hall–Kier alpha value is -2.43. The van der Waals surface area contributed by atoms with Crippen LogP contribution in [-0.2, 0) is 0 Å². The van der Waals surface area contributed by atoms with Crippen molar-refractivity contribution in [1.29, 1.82) is 0 Å². The number of benzene rings is 2. The number of halogens is 1. The molecule has 5 heteroatoms. The summed E-state index contributed by atoms with van der Waals surface area (Å²) in [6, 6.07) is 8.04. The van der Waals surface area contributed by atoms with Gasteiger partial charge in [-0.1, -0.05) is 30.3 Å². The highest BCUT2D eigenvalue weighted by Gasteiger charge is 2.24. The lowest BCUT2D eigenvalue weighted by molar-refractivity contribution is 0.338. The fourth-order valence-corrected chi connectivity index (χ4v) is 1.55. The molecule has 0 spiro atoms. The summed E-state index contributed by atoms with van der Waals surface area (Å²) in [7, 11) is 0. The molecule has 0 atom stereocenters. The number of phenolic OH excluding ortho intramolecular Hbond substituents is 4. The minimum atomic E-state index is -1.46. The third-order valence-corrected chi connectivity index (χ3v) is 2.40. The summed E-state index contributed by atoms with van der Waals surface area (Å²) >= 11 is 0. The van der Waals surface area contributed by atoms with Gasteiger partial charge in [-0.25, -0.2) is 0 Å². The highest BCUT2D eigenvalue weighted by Crippen LogP contribution is 2.49. The molecular weight excluding hydrogens is 227 g/mol. The van der Waals surface area contributed by atoms with Crippen LogP contribution in [0, 0.1) is 5.82 Å². The molecule has 0 saturated carbocycles. The number of rotatable bonds is 1. The molecule has 2 rings (SSSR count). The van der Waals surface area contributed by atoms with Gasteiger partial charge in [0.25, 0.3) is 0 Å². The predicted octanol–water partition coefficient (Wildman–Crippen LogP) is 2.32. The minimum Gasteiger partial charge on any atom is -0.504 e. The maximum atomic E-state index is 13.1. The Morgan fingerprint density at radius 2 is 1.18 bits per heavy atom. The monoisotopic (exact) mass is 236 g/mol. The van der Waals surface area contributed by atoms with Gasteiger partial charge < -0.3 is 20.4 Å². The molecule has 0 unspecified atom stereocenters. The van der Waals surface area contributed by atoms with Crippen LogP contribution in [0.4, 0.5) is 4.39 Å². The molecule has 0 heterocycles. The average Bonchev–Trinajstić information content (AvgIpc) is 2.36. The Kier molecular flexibility index (Phi) is 2.51. The van der Waals surface area contributed by atoms with Crippen molar-refractivity contribution in [1.82, 2.24) is 0 Å². The average molecular weight is 236 g/mol. The summed E-state index contributed by atoms with van der Waals surface area (Å²) < 4.78 is 13.1. The third-order valence-electron chi connectivity index (χ3n) is 2.40. The highest BCUT2D eigenvalue weighted by molar-refractivity contribution is 5.82. The van der Waals surface area contributed by atoms with Gasteiger partial charge in [0.15, 0.2) is 23.0 Å². The fourth-order valence-electron chi connectivity index (χ4n) is 1.55. The van der Waals surface area contributed by atoms with Gasteiger partial charge in [-0.3, -0.25) is 0 Å². The van der Waals surface area contributed by atoms with E-state index >= 15 is 0 Å². The number of hydrogen-bond acceptors (Lipinski definition) is 4. The van der Waals surface area contributed by atoms with Gasteiger partial charge in [0.05, 0.1) is 5.56 Å². The summed E-state index contributed by atoms with van der Waals surface area (Å²) in [5, 5.41) is 37.7. The van der Waals surface area contributed by atoms with E-state index in [4.69, 9.17) is 0 Å². The van der Waals surface area contributed by atoms with Crippen molar-refractivity contribution in [2.75, 3.05) is 0 Å². The van der Waals surface area contributed by atoms with Gasteiger partial charge in [0, 0.05) is 0 Å². The van der Waals surface area contributed by atoms with E-state index in [1.807, 2.05) is 0 Å². The summed E-state index contributed by atoms with van der Waals surface area (Å²) in [6.07, 6.45) is 0. The molecule has 0 amide bonds. The minimum absolute atomic E-state index is 0.220. The van der Waals surface area contributed by atoms with Gasteiger partial charge in [0.1, 0.15) is 0 Å². The number of phenols is 4. The second-order valence-electron chi connectivity index (χ2n) is 3.45. The molecule has 2 aromatic carbocycles. The van der Waals surface area contributed by atoms with Crippen molar-refractivity contribution in [3.05, 3.63) is 36.1 Å². The Morgan fingerprint density at radius 1 is 0.706 bits per heavy atom. The number of aromatic hydroxyl groups is 4. The van der Waals surface area contributed by atoms with Gasteiger partial charge in [-0.2, -0.15) is 4.39 Å². The Bertz CT molecular complexity index is 537. The Morgan fingerprint density at radius 3 is 1.65 bits per heavy atom. The van der Waals surface area contributed by atoms with Crippen LogP contribution in [0.3, 0.4) is 0 Å². The van der Waals surface area contributed by atoms with Crippen molar-refractivity contribution in [2.24, 2.45) is 0 Å². The van der Waals surface area contributed by atoms with Crippen LogP contribution in [0.5, 0.6) is 23.0 Å². The molecule has 88 valence electrons. The summed E-state index contributed by atoms with van der Waals surface area (Å²) in [5.41, 5.74) is 0.120. The second kappa shape index (κ2) is 3.86. The first-order valence-corrected chi connectivity index (χ1v) is 4.74. The van der Waals surface area contributed by atoms with Crippen LogP contribution in [0.1, 0.15) is 0 Å². The van der Waals surface area contributed by atoms with E-state index in [1.165, 1.54) is 12.1 Å². The number of hydrogen-bond donors (Lipinski definition) is 4. The van der Waals surface area contributed by atoms with Crippen LogP contribution in [-0.4, -0.2) is 20.4 Å². The topological polar surface area (TPSA) is 80.9 Å². The maximum Gasteiger partial charge on any atom is 0.214 e. The van der Waals surface area contributed by atoms with E-state index in [-0.39, 0.29) is 5.56 Å². The van der Waals surface area contributed by atoms with E-state index < -0.39 is 28.8 Å². The van der Waals surface area contributed by atoms with E-state index in [9.17, 15) is 24.8 Å².